The number of carbonyl (C=O) groups is 1. The Labute approximate surface area is 186 Å². The number of nitrogens with one attached hydrogen (secondary N) is 1. The van der Waals surface area contributed by atoms with Gasteiger partial charge in [0.1, 0.15) is 5.82 Å². The third-order valence-electron chi connectivity index (χ3n) is 6.45. The maximum Gasteiger partial charge on any atom is 0.256 e. The van der Waals surface area contributed by atoms with E-state index in [0.29, 0.717) is 42.8 Å². The van der Waals surface area contributed by atoms with Crippen LogP contribution in [-0.4, -0.2) is 54.6 Å². The SMILES string of the molecule is O=C(c1cn(CC2CCNC2)c2cc(Cl)ccc12)N1CCN(c2ccccc2F)CC1. The predicted molar refractivity (Wildman–Crippen MR) is 122 cm³/mol. The Morgan fingerprint density at radius 1 is 1.13 bits per heavy atom. The normalized spacial score (nSPS) is 19.4. The first-order valence-corrected chi connectivity index (χ1v) is 11.3. The van der Waals surface area contributed by atoms with Gasteiger partial charge in [0, 0.05) is 49.3 Å². The molecule has 31 heavy (non-hydrogen) atoms. The Hall–Kier alpha value is -2.57. The average molecular weight is 441 g/mol. The van der Waals surface area contributed by atoms with Gasteiger partial charge in [-0.3, -0.25) is 4.79 Å². The summed E-state index contributed by atoms with van der Waals surface area (Å²) in [5.41, 5.74) is 2.33. The molecule has 1 amide bonds. The summed E-state index contributed by atoms with van der Waals surface area (Å²) in [7, 11) is 0. The van der Waals surface area contributed by atoms with E-state index < -0.39 is 0 Å². The first kappa shape index (κ1) is 20.3. The molecule has 0 aliphatic carbocycles. The van der Waals surface area contributed by atoms with Crippen LogP contribution in [0.15, 0.2) is 48.7 Å². The van der Waals surface area contributed by atoms with Gasteiger partial charge in [0.25, 0.3) is 5.91 Å². The Kier molecular flexibility index (Phi) is 5.59. The van der Waals surface area contributed by atoms with Crippen molar-refractivity contribution >= 4 is 34.1 Å². The molecule has 1 atom stereocenters. The van der Waals surface area contributed by atoms with Gasteiger partial charge in [-0.25, -0.2) is 4.39 Å². The summed E-state index contributed by atoms with van der Waals surface area (Å²) in [4.78, 5) is 17.3. The number of fused-ring (bicyclic) bond motifs is 1. The molecule has 2 aromatic carbocycles. The largest absolute Gasteiger partial charge is 0.366 e. The third-order valence-corrected chi connectivity index (χ3v) is 6.69. The number of carbonyl (C=O) groups excluding carboxylic acids is 1. The summed E-state index contributed by atoms with van der Waals surface area (Å²) in [5.74, 6) is 0.370. The minimum absolute atomic E-state index is 0.0313. The highest BCUT2D eigenvalue weighted by Gasteiger charge is 2.26. The molecule has 2 aliphatic heterocycles. The van der Waals surface area contributed by atoms with Crippen LogP contribution in [0.3, 0.4) is 0 Å². The molecular weight excluding hydrogens is 415 g/mol. The van der Waals surface area contributed by atoms with E-state index >= 15 is 0 Å². The smallest absolute Gasteiger partial charge is 0.256 e. The van der Waals surface area contributed by atoms with Gasteiger partial charge in [-0.2, -0.15) is 0 Å². The number of hydrogen-bond acceptors (Lipinski definition) is 3. The van der Waals surface area contributed by atoms with E-state index in [-0.39, 0.29) is 11.7 Å². The average Bonchev–Trinajstić information content (AvgIpc) is 3.42. The second-order valence-corrected chi connectivity index (χ2v) is 8.88. The molecule has 3 aromatic rings. The van der Waals surface area contributed by atoms with Gasteiger partial charge in [0.05, 0.1) is 16.8 Å². The van der Waals surface area contributed by atoms with Gasteiger partial charge in [-0.05, 0) is 49.7 Å². The lowest BCUT2D eigenvalue weighted by molar-refractivity contribution is 0.0748. The number of amides is 1. The molecule has 2 fully saturated rings. The van der Waals surface area contributed by atoms with Crippen molar-refractivity contribution in [1.82, 2.24) is 14.8 Å². The molecule has 1 unspecified atom stereocenters. The Morgan fingerprint density at radius 2 is 1.94 bits per heavy atom. The van der Waals surface area contributed by atoms with Crippen LogP contribution < -0.4 is 10.2 Å². The summed E-state index contributed by atoms with van der Waals surface area (Å²) in [6.45, 7) is 5.29. The number of para-hydroxylation sites is 1. The highest BCUT2D eigenvalue weighted by Crippen LogP contribution is 2.28. The minimum atomic E-state index is -0.219. The van der Waals surface area contributed by atoms with Gasteiger partial charge in [-0.1, -0.05) is 29.8 Å². The predicted octanol–water partition coefficient (Wildman–Crippen LogP) is 4.01. The van der Waals surface area contributed by atoms with Crippen molar-refractivity contribution in [2.75, 3.05) is 44.2 Å². The van der Waals surface area contributed by atoms with E-state index in [2.05, 4.69) is 9.88 Å². The molecular formula is C24H26ClFN4O. The highest BCUT2D eigenvalue weighted by atomic mass is 35.5. The van der Waals surface area contributed by atoms with Crippen molar-refractivity contribution in [2.24, 2.45) is 5.92 Å². The van der Waals surface area contributed by atoms with Gasteiger partial charge in [0.2, 0.25) is 0 Å². The van der Waals surface area contributed by atoms with Crippen LogP contribution in [0.25, 0.3) is 10.9 Å². The summed E-state index contributed by atoms with van der Waals surface area (Å²) in [5, 5.41) is 5.03. The summed E-state index contributed by atoms with van der Waals surface area (Å²) in [6.07, 6.45) is 3.13. The Bertz CT molecular complexity index is 1100. The van der Waals surface area contributed by atoms with Crippen LogP contribution in [0.5, 0.6) is 0 Å². The fraction of sp³-hybridized carbons (Fsp3) is 0.375. The number of benzene rings is 2. The minimum Gasteiger partial charge on any atom is -0.366 e. The standard InChI is InChI=1S/C24H26ClFN4O/c25-18-5-6-19-20(16-30(23(19)13-18)15-17-7-8-27-14-17)24(31)29-11-9-28(10-12-29)22-4-2-1-3-21(22)26/h1-6,13,16-17,27H,7-12,14-15H2. The van der Waals surface area contributed by atoms with Crippen molar-refractivity contribution in [3.05, 3.63) is 65.1 Å². The number of hydrogen-bond donors (Lipinski definition) is 1. The van der Waals surface area contributed by atoms with Crippen molar-refractivity contribution in [1.29, 1.82) is 0 Å². The lowest BCUT2D eigenvalue weighted by Crippen LogP contribution is -2.49. The quantitative estimate of drug-likeness (QED) is 0.666. The lowest BCUT2D eigenvalue weighted by atomic mass is 10.1. The monoisotopic (exact) mass is 440 g/mol. The van der Waals surface area contributed by atoms with Gasteiger partial charge in [0.15, 0.2) is 0 Å². The van der Waals surface area contributed by atoms with Crippen LogP contribution in [0.2, 0.25) is 5.02 Å². The van der Waals surface area contributed by atoms with E-state index in [0.717, 1.165) is 42.5 Å². The van der Waals surface area contributed by atoms with Crippen LogP contribution in [-0.2, 0) is 6.54 Å². The van der Waals surface area contributed by atoms with Crippen LogP contribution in [0.1, 0.15) is 16.8 Å². The van der Waals surface area contributed by atoms with E-state index in [9.17, 15) is 9.18 Å². The van der Waals surface area contributed by atoms with E-state index in [1.165, 1.54) is 6.07 Å². The molecule has 5 rings (SSSR count). The van der Waals surface area contributed by atoms with Gasteiger partial charge >= 0.3 is 0 Å². The molecule has 0 radical (unpaired) electrons. The zero-order valence-electron chi connectivity index (χ0n) is 17.4. The second kappa shape index (κ2) is 8.52. The van der Waals surface area contributed by atoms with E-state index in [1.807, 2.05) is 40.3 Å². The van der Waals surface area contributed by atoms with E-state index in [4.69, 9.17) is 11.6 Å². The molecule has 0 spiro atoms. The summed E-state index contributed by atoms with van der Waals surface area (Å²) >= 11 is 6.27. The van der Waals surface area contributed by atoms with Crippen LogP contribution in [0, 0.1) is 11.7 Å². The highest BCUT2D eigenvalue weighted by molar-refractivity contribution is 6.31. The molecule has 1 N–H and O–H groups in total. The van der Waals surface area contributed by atoms with Crippen molar-refractivity contribution in [3.63, 3.8) is 0 Å². The fourth-order valence-corrected chi connectivity index (χ4v) is 4.93. The second-order valence-electron chi connectivity index (χ2n) is 8.45. The fourth-order valence-electron chi connectivity index (χ4n) is 4.76. The molecule has 7 heteroatoms. The maximum atomic E-state index is 14.1. The molecule has 0 bridgehead atoms. The molecule has 2 saturated heterocycles. The van der Waals surface area contributed by atoms with Crippen molar-refractivity contribution < 1.29 is 9.18 Å². The van der Waals surface area contributed by atoms with E-state index in [1.54, 1.807) is 12.1 Å². The maximum absolute atomic E-state index is 14.1. The Balaban J connectivity index is 1.37. The number of rotatable bonds is 4. The number of piperazine rings is 1. The molecule has 0 saturated carbocycles. The summed E-state index contributed by atoms with van der Waals surface area (Å²) < 4.78 is 16.3. The summed E-state index contributed by atoms with van der Waals surface area (Å²) in [6, 6.07) is 12.6. The van der Waals surface area contributed by atoms with Crippen molar-refractivity contribution in [3.8, 4) is 0 Å². The molecule has 5 nitrogen and oxygen atoms in total. The molecule has 2 aliphatic rings. The molecule has 3 heterocycles. The third kappa shape index (κ3) is 4.02. The van der Waals surface area contributed by atoms with Gasteiger partial charge in [-0.15, -0.1) is 0 Å². The topological polar surface area (TPSA) is 40.5 Å². The number of halogens is 2. The van der Waals surface area contributed by atoms with Gasteiger partial charge < -0.3 is 19.7 Å². The van der Waals surface area contributed by atoms with Crippen LogP contribution in [0.4, 0.5) is 10.1 Å². The Morgan fingerprint density at radius 3 is 2.68 bits per heavy atom. The first-order chi connectivity index (χ1) is 15.1. The zero-order valence-corrected chi connectivity index (χ0v) is 18.1. The number of anilines is 1. The zero-order chi connectivity index (χ0) is 21.4. The lowest BCUT2D eigenvalue weighted by Gasteiger charge is -2.36. The van der Waals surface area contributed by atoms with Crippen LogP contribution >= 0.6 is 11.6 Å². The van der Waals surface area contributed by atoms with Crippen molar-refractivity contribution in [2.45, 2.75) is 13.0 Å². The number of nitrogens with zero attached hydrogens (tertiary/aromatic N) is 3. The first-order valence-electron chi connectivity index (χ1n) is 10.9. The molecule has 1 aromatic heterocycles. The molecule has 162 valence electrons. The number of aromatic nitrogens is 1.